The number of aromatic hydroxyl groups is 3. The number of ether oxygens (including phenoxy) is 3. The molecule has 2 aromatic carbocycles. The van der Waals surface area contributed by atoms with Gasteiger partial charge in [0.15, 0.2) is 11.9 Å². The van der Waals surface area contributed by atoms with Gasteiger partial charge >= 0.3 is 0 Å². The van der Waals surface area contributed by atoms with Crippen LogP contribution in [0, 0.1) is 0 Å². The lowest BCUT2D eigenvalue weighted by atomic mass is 9.89. The van der Waals surface area contributed by atoms with Crippen LogP contribution in [0.4, 0.5) is 0 Å². The topological polar surface area (TPSA) is 240 Å². The van der Waals surface area contributed by atoms with Gasteiger partial charge in [-0.1, -0.05) is 12.1 Å². The third kappa shape index (κ3) is 4.68. The SMILES string of the molecule is O=c1c(-c2ccc(O)cc2)coc2c([C@@H]3O[C@H](CO[C@H]4OC[C@](O)(CO)[C@H]4O)[C@@H](O)[C@H](O)[C@H]3O)c(O)cc(O)c12. The second-order valence-corrected chi connectivity index (χ2v) is 9.84. The number of phenols is 3. The number of rotatable bonds is 6. The molecule has 2 aliphatic rings. The van der Waals surface area contributed by atoms with Crippen LogP contribution in [-0.2, 0) is 14.2 Å². The zero-order chi connectivity index (χ0) is 28.9. The lowest BCUT2D eigenvalue weighted by Crippen LogP contribution is -2.56. The summed E-state index contributed by atoms with van der Waals surface area (Å²) in [5.41, 5.74) is -2.97. The van der Waals surface area contributed by atoms with Gasteiger partial charge in [0.05, 0.1) is 30.9 Å². The maximum Gasteiger partial charge on any atom is 0.204 e. The Morgan fingerprint density at radius 2 is 1.68 bits per heavy atom. The van der Waals surface area contributed by atoms with Crippen molar-refractivity contribution in [2.75, 3.05) is 19.8 Å². The summed E-state index contributed by atoms with van der Waals surface area (Å²) in [6, 6.07) is 6.44. The Kier molecular flexibility index (Phi) is 7.47. The molecule has 14 heteroatoms. The van der Waals surface area contributed by atoms with E-state index in [1.165, 1.54) is 24.3 Å². The molecule has 2 fully saturated rings. The van der Waals surface area contributed by atoms with Crippen LogP contribution in [0.2, 0.25) is 0 Å². The highest BCUT2D eigenvalue weighted by Gasteiger charge is 2.50. The normalized spacial score (nSPS) is 32.5. The first kappa shape index (κ1) is 28.2. The summed E-state index contributed by atoms with van der Waals surface area (Å²) in [7, 11) is 0. The van der Waals surface area contributed by atoms with E-state index in [1.807, 2.05) is 0 Å². The standard InChI is InChI=1S/C26H28O14/c27-8-26(36)9-39-25(24(26)35)38-7-15-19(32)20(33)21(34)23(40-15)17-14(30)5-13(29)16-18(31)12(6-37-22(16)17)10-1-3-11(28)4-2-10/h1-6,15,19-21,23-25,27-30,32-36H,7-9H2/t15-,19-,20+,21-,23+,24+,25+,26-/m1/s1. The van der Waals surface area contributed by atoms with Crippen LogP contribution in [0.5, 0.6) is 17.2 Å². The number of hydrogen-bond acceptors (Lipinski definition) is 14. The minimum Gasteiger partial charge on any atom is -0.508 e. The zero-order valence-corrected chi connectivity index (χ0v) is 20.7. The molecule has 2 saturated heterocycles. The second kappa shape index (κ2) is 10.6. The summed E-state index contributed by atoms with van der Waals surface area (Å²) in [5, 5.41) is 91.8. The minimum atomic E-state index is -1.97. The minimum absolute atomic E-state index is 0.0178. The van der Waals surface area contributed by atoms with E-state index in [9.17, 15) is 50.8 Å². The van der Waals surface area contributed by atoms with Crippen molar-refractivity contribution in [1.29, 1.82) is 0 Å². The lowest BCUT2D eigenvalue weighted by molar-refractivity contribution is -0.252. The molecule has 1 aromatic heterocycles. The van der Waals surface area contributed by atoms with Gasteiger partial charge in [-0.25, -0.2) is 0 Å². The molecule has 14 nitrogen and oxygen atoms in total. The Morgan fingerprint density at radius 3 is 2.33 bits per heavy atom. The molecular formula is C26H28O14. The Bertz CT molecular complexity index is 1440. The Balaban J connectivity index is 1.49. The predicted octanol–water partition coefficient (Wildman–Crippen LogP) is -1.44. The summed E-state index contributed by atoms with van der Waals surface area (Å²) < 4.78 is 22.0. The van der Waals surface area contributed by atoms with Gasteiger partial charge in [-0.3, -0.25) is 4.79 Å². The van der Waals surface area contributed by atoms with Gasteiger partial charge in [-0.15, -0.1) is 0 Å². The Morgan fingerprint density at radius 1 is 0.975 bits per heavy atom. The van der Waals surface area contributed by atoms with Gasteiger partial charge in [0, 0.05) is 6.07 Å². The van der Waals surface area contributed by atoms with E-state index >= 15 is 0 Å². The summed E-state index contributed by atoms with van der Waals surface area (Å²) in [6.45, 7) is -1.79. The zero-order valence-electron chi connectivity index (χ0n) is 20.7. The van der Waals surface area contributed by atoms with E-state index in [4.69, 9.17) is 18.6 Å². The average Bonchev–Trinajstić information content (AvgIpc) is 3.22. The second-order valence-electron chi connectivity index (χ2n) is 9.84. The first-order valence-electron chi connectivity index (χ1n) is 12.2. The largest absolute Gasteiger partial charge is 0.508 e. The fraction of sp³-hybridized carbons (Fsp3) is 0.423. The maximum atomic E-state index is 13.3. The van der Waals surface area contributed by atoms with Crippen LogP contribution in [-0.4, -0.2) is 108 Å². The van der Waals surface area contributed by atoms with Crippen LogP contribution >= 0.6 is 0 Å². The van der Waals surface area contributed by atoms with E-state index in [1.54, 1.807) is 0 Å². The van der Waals surface area contributed by atoms with Crippen LogP contribution in [0.3, 0.4) is 0 Å². The van der Waals surface area contributed by atoms with E-state index in [-0.39, 0.29) is 27.8 Å². The molecule has 8 atom stereocenters. The van der Waals surface area contributed by atoms with E-state index < -0.39 is 85.3 Å². The van der Waals surface area contributed by atoms with Crippen molar-refractivity contribution in [1.82, 2.24) is 0 Å². The van der Waals surface area contributed by atoms with Gasteiger partial charge in [0.25, 0.3) is 0 Å². The maximum absolute atomic E-state index is 13.3. The summed E-state index contributed by atoms with van der Waals surface area (Å²) in [4.78, 5) is 13.3. The van der Waals surface area contributed by atoms with Gasteiger partial charge in [-0.05, 0) is 17.7 Å². The lowest BCUT2D eigenvalue weighted by Gasteiger charge is -2.41. The molecular weight excluding hydrogens is 536 g/mol. The number of aliphatic hydroxyl groups excluding tert-OH is 5. The summed E-state index contributed by atoms with van der Waals surface area (Å²) >= 11 is 0. The molecule has 216 valence electrons. The monoisotopic (exact) mass is 564 g/mol. The van der Waals surface area contributed by atoms with E-state index in [0.717, 1.165) is 12.3 Å². The molecule has 3 heterocycles. The van der Waals surface area contributed by atoms with Crippen molar-refractivity contribution in [3.8, 4) is 28.4 Å². The van der Waals surface area contributed by atoms with Gasteiger partial charge in [0.1, 0.15) is 71.1 Å². The highest BCUT2D eigenvalue weighted by molar-refractivity contribution is 5.91. The van der Waals surface area contributed by atoms with Gasteiger partial charge in [0.2, 0.25) is 5.43 Å². The molecule has 5 rings (SSSR count). The number of hydrogen-bond donors (Lipinski definition) is 9. The van der Waals surface area contributed by atoms with Crippen LogP contribution in [0.1, 0.15) is 11.7 Å². The van der Waals surface area contributed by atoms with Crippen LogP contribution in [0.15, 0.2) is 45.8 Å². The average molecular weight is 564 g/mol. The molecule has 0 bridgehead atoms. The van der Waals surface area contributed by atoms with E-state index in [0.29, 0.717) is 5.56 Å². The fourth-order valence-electron chi connectivity index (χ4n) is 4.86. The van der Waals surface area contributed by atoms with Crippen molar-refractivity contribution in [2.45, 2.75) is 48.5 Å². The molecule has 0 unspecified atom stereocenters. The molecule has 0 aliphatic carbocycles. The highest BCUT2D eigenvalue weighted by Crippen LogP contribution is 2.43. The molecule has 0 amide bonds. The summed E-state index contributed by atoms with van der Waals surface area (Å²) in [6.07, 6.45) is -10.4. The third-order valence-corrected chi connectivity index (χ3v) is 7.22. The molecule has 9 N–H and O–H groups in total. The number of benzene rings is 2. The smallest absolute Gasteiger partial charge is 0.204 e. The van der Waals surface area contributed by atoms with Crippen LogP contribution < -0.4 is 5.43 Å². The Hall–Kier alpha value is -3.31. The molecule has 0 spiro atoms. The van der Waals surface area contributed by atoms with Crippen molar-refractivity contribution < 1.29 is 64.6 Å². The number of fused-ring (bicyclic) bond motifs is 1. The quantitative estimate of drug-likeness (QED) is 0.167. The van der Waals surface area contributed by atoms with Gasteiger partial charge in [-0.2, -0.15) is 0 Å². The highest BCUT2D eigenvalue weighted by atomic mass is 16.7. The number of phenolic OH excluding ortho intramolecular Hbond substituents is 3. The number of aliphatic hydroxyl groups is 6. The van der Waals surface area contributed by atoms with Crippen molar-refractivity contribution in [2.24, 2.45) is 0 Å². The van der Waals surface area contributed by atoms with E-state index in [2.05, 4.69) is 0 Å². The molecule has 2 aliphatic heterocycles. The first-order valence-corrected chi connectivity index (χ1v) is 12.2. The predicted molar refractivity (Wildman–Crippen MR) is 132 cm³/mol. The Labute approximate surface area is 225 Å². The van der Waals surface area contributed by atoms with Crippen molar-refractivity contribution >= 4 is 11.0 Å². The van der Waals surface area contributed by atoms with Crippen molar-refractivity contribution in [3.63, 3.8) is 0 Å². The third-order valence-electron chi connectivity index (χ3n) is 7.22. The molecule has 3 aromatic rings. The molecule has 40 heavy (non-hydrogen) atoms. The van der Waals surface area contributed by atoms with Crippen molar-refractivity contribution in [3.05, 3.63) is 52.4 Å². The van der Waals surface area contributed by atoms with Crippen LogP contribution in [0.25, 0.3) is 22.1 Å². The first-order chi connectivity index (χ1) is 19.0. The molecule has 0 saturated carbocycles. The molecule has 0 radical (unpaired) electrons. The fourth-order valence-corrected chi connectivity index (χ4v) is 4.86. The summed E-state index contributed by atoms with van der Waals surface area (Å²) in [5.74, 6) is -1.33. The van der Waals surface area contributed by atoms with Gasteiger partial charge < -0.3 is 64.6 Å².